The van der Waals surface area contributed by atoms with Crippen LogP contribution in [0.25, 0.3) is 0 Å². The van der Waals surface area contributed by atoms with Gasteiger partial charge in [0, 0.05) is 17.6 Å². The Hall–Kier alpha value is -2.32. The predicted octanol–water partition coefficient (Wildman–Crippen LogP) is 4.15. The topological polar surface area (TPSA) is 72.8 Å². The predicted molar refractivity (Wildman–Crippen MR) is 105 cm³/mol. The highest BCUT2D eigenvalue weighted by atomic mass is 32.1. The summed E-state index contributed by atoms with van der Waals surface area (Å²) in [5, 5.41) is 6.37. The lowest BCUT2D eigenvalue weighted by Gasteiger charge is -2.05. The van der Waals surface area contributed by atoms with Crippen LogP contribution in [0.2, 0.25) is 0 Å². The van der Waals surface area contributed by atoms with Crippen LogP contribution in [0.15, 0.2) is 28.7 Å². The van der Waals surface area contributed by atoms with E-state index in [-0.39, 0.29) is 24.8 Å². The van der Waals surface area contributed by atoms with Crippen molar-refractivity contribution in [2.75, 3.05) is 18.6 Å². The fraction of sp³-hybridized carbons (Fsp3) is 0.421. The molecule has 0 saturated carbocycles. The van der Waals surface area contributed by atoms with Crippen molar-refractivity contribution < 1.29 is 18.7 Å². The fourth-order valence-electron chi connectivity index (χ4n) is 2.15. The average molecular weight is 393 g/mol. The SMILES string of the molecule is CCCCOCc1ccc(C=NNc2nc(CC(=O)OCC)cs2)cc1F. The van der Waals surface area contributed by atoms with Gasteiger partial charge in [-0.05, 0) is 25.0 Å². The van der Waals surface area contributed by atoms with Crippen LogP contribution in [-0.2, 0) is 27.3 Å². The van der Waals surface area contributed by atoms with Gasteiger partial charge in [0.1, 0.15) is 5.82 Å². The van der Waals surface area contributed by atoms with Gasteiger partial charge in [-0.1, -0.05) is 25.5 Å². The second kappa shape index (κ2) is 11.4. The van der Waals surface area contributed by atoms with E-state index in [4.69, 9.17) is 9.47 Å². The van der Waals surface area contributed by atoms with Crippen LogP contribution < -0.4 is 5.43 Å². The molecule has 0 aliphatic carbocycles. The molecule has 0 amide bonds. The lowest BCUT2D eigenvalue weighted by molar-refractivity contribution is -0.142. The quantitative estimate of drug-likeness (QED) is 0.269. The first-order valence-corrected chi connectivity index (χ1v) is 9.75. The Balaban J connectivity index is 1.84. The van der Waals surface area contributed by atoms with Crippen molar-refractivity contribution in [1.82, 2.24) is 4.98 Å². The molecule has 0 aliphatic heterocycles. The number of unbranched alkanes of at least 4 members (excludes halogenated alkanes) is 1. The Morgan fingerprint density at radius 1 is 1.41 bits per heavy atom. The number of thiazole rings is 1. The molecule has 1 aromatic carbocycles. The summed E-state index contributed by atoms with van der Waals surface area (Å²) in [5.41, 5.74) is 4.55. The number of rotatable bonds is 11. The number of esters is 1. The lowest BCUT2D eigenvalue weighted by atomic mass is 10.1. The van der Waals surface area contributed by atoms with E-state index in [1.807, 2.05) is 0 Å². The normalized spacial score (nSPS) is 11.1. The third kappa shape index (κ3) is 7.44. The summed E-state index contributed by atoms with van der Waals surface area (Å²) in [6, 6.07) is 4.89. The number of hydrogen-bond donors (Lipinski definition) is 1. The molecule has 0 spiro atoms. The summed E-state index contributed by atoms with van der Waals surface area (Å²) in [7, 11) is 0. The molecule has 2 rings (SSSR count). The Morgan fingerprint density at radius 2 is 2.26 bits per heavy atom. The molecule has 146 valence electrons. The average Bonchev–Trinajstić information content (AvgIpc) is 3.07. The summed E-state index contributed by atoms with van der Waals surface area (Å²) in [5.74, 6) is -0.631. The highest BCUT2D eigenvalue weighted by Gasteiger charge is 2.08. The Kier molecular flexibility index (Phi) is 8.86. The molecule has 6 nitrogen and oxygen atoms in total. The van der Waals surface area contributed by atoms with Crippen molar-refractivity contribution in [2.45, 2.75) is 39.7 Å². The van der Waals surface area contributed by atoms with Crippen LogP contribution >= 0.6 is 11.3 Å². The minimum Gasteiger partial charge on any atom is -0.466 e. The van der Waals surface area contributed by atoms with E-state index >= 15 is 0 Å². The number of nitrogens with zero attached hydrogens (tertiary/aromatic N) is 2. The van der Waals surface area contributed by atoms with Crippen molar-refractivity contribution in [2.24, 2.45) is 5.10 Å². The van der Waals surface area contributed by atoms with Crippen LogP contribution in [-0.4, -0.2) is 30.4 Å². The number of aromatic nitrogens is 1. The van der Waals surface area contributed by atoms with Crippen LogP contribution in [0.5, 0.6) is 0 Å². The van der Waals surface area contributed by atoms with Gasteiger partial charge in [0.25, 0.3) is 0 Å². The van der Waals surface area contributed by atoms with Gasteiger partial charge in [-0.25, -0.2) is 9.37 Å². The Morgan fingerprint density at radius 3 is 3.00 bits per heavy atom. The first-order chi connectivity index (χ1) is 13.1. The monoisotopic (exact) mass is 393 g/mol. The molecule has 1 heterocycles. The van der Waals surface area contributed by atoms with Gasteiger partial charge in [0.2, 0.25) is 5.13 Å². The van der Waals surface area contributed by atoms with Crippen LogP contribution in [0.1, 0.15) is 43.5 Å². The summed E-state index contributed by atoms with van der Waals surface area (Å²) in [6.45, 7) is 5.09. The second-order valence-electron chi connectivity index (χ2n) is 5.75. The molecule has 0 aliphatic rings. The number of benzene rings is 1. The van der Waals surface area contributed by atoms with Gasteiger partial charge < -0.3 is 9.47 Å². The molecule has 2 aromatic rings. The summed E-state index contributed by atoms with van der Waals surface area (Å²) >= 11 is 1.33. The molecule has 0 bridgehead atoms. The molecule has 0 unspecified atom stereocenters. The van der Waals surface area contributed by atoms with Crippen LogP contribution in [0.3, 0.4) is 0 Å². The maximum atomic E-state index is 14.1. The largest absolute Gasteiger partial charge is 0.466 e. The van der Waals surface area contributed by atoms with Gasteiger partial charge in [0.15, 0.2) is 0 Å². The fourth-order valence-corrected chi connectivity index (χ4v) is 2.81. The van der Waals surface area contributed by atoms with E-state index in [0.29, 0.717) is 35.2 Å². The maximum Gasteiger partial charge on any atom is 0.311 e. The molecule has 27 heavy (non-hydrogen) atoms. The number of halogens is 1. The van der Waals surface area contributed by atoms with Crippen LogP contribution in [0.4, 0.5) is 9.52 Å². The van der Waals surface area contributed by atoms with Gasteiger partial charge in [-0.3, -0.25) is 10.2 Å². The van der Waals surface area contributed by atoms with Crippen molar-refractivity contribution in [3.05, 3.63) is 46.2 Å². The summed E-state index contributed by atoms with van der Waals surface area (Å²) < 4.78 is 24.4. The Labute approximate surface area is 162 Å². The van der Waals surface area contributed by atoms with Crippen LogP contribution in [0, 0.1) is 5.82 Å². The molecular weight excluding hydrogens is 369 g/mol. The molecule has 0 saturated heterocycles. The van der Waals surface area contributed by atoms with Crippen molar-refractivity contribution in [3.63, 3.8) is 0 Å². The molecule has 0 fully saturated rings. The molecule has 1 N–H and O–H groups in total. The lowest BCUT2D eigenvalue weighted by Crippen LogP contribution is -2.07. The molecule has 0 atom stereocenters. The zero-order valence-electron chi connectivity index (χ0n) is 15.5. The Bertz CT molecular complexity index is 764. The van der Waals surface area contributed by atoms with E-state index in [1.54, 1.807) is 24.4 Å². The number of carbonyl (C=O) groups is 1. The number of ether oxygens (including phenoxy) is 2. The smallest absolute Gasteiger partial charge is 0.311 e. The van der Waals surface area contributed by atoms with E-state index < -0.39 is 0 Å². The van der Waals surface area contributed by atoms with E-state index in [2.05, 4.69) is 22.4 Å². The van der Waals surface area contributed by atoms with Crippen molar-refractivity contribution in [3.8, 4) is 0 Å². The first kappa shape index (κ1) is 21.0. The summed E-state index contributed by atoms with van der Waals surface area (Å²) in [6.07, 6.45) is 3.66. The maximum absolute atomic E-state index is 14.1. The number of hydrogen-bond acceptors (Lipinski definition) is 7. The highest BCUT2D eigenvalue weighted by Crippen LogP contribution is 2.16. The van der Waals surface area contributed by atoms with Crippen molar-refractivity contribution >= 4 is 28.7 Å². The number of anilines is 1. The number of carbonyl (C=O) groups excluding carboxylic acids is 1. The minimum absolute atomic E-state index is 0.128. The summed E-state index contributed by atoms with van der Waals surface area (Å²) in [4.78, 5) is 15.7. The highest BCUT2D eigenvalue weighted by molar-refractivity contribution is 7.13. The molecular formula is C19H24FN3O3S. The zero-order valence-corrected chi connectivity index (χ0v) is 16.4. The standard InChI is InChI=1S/C19H24FN3O3S/c1-3-5-8-25-12-15-7-6-14(9-17(15)20)11-21-23-19-22-16(13-27-19)10-18(24)26-4-2/h6-7,9,11,13H,3-5,8,10,12H2,1-2H3,(H,22,23). The number of nitrogens with one attached hydrogen (secondary N) is 1. The van der Waals surface area contributed by atoms with Gasteiger partial charge in [-0.2, -0.15) is 5.10 Å². The first-order valence-electron chi connectivity index (χ1n) is 8.87. The van der Waals surface area contributed by atoms with E-state index in [9.17, 15) is 9.18 Å². The minimum atomic E-state index is -0.318. The van der Waals surface area contributed by atoms with E-state index in [1.165, 1.54) is 23.6 Å². The second-order valence-corrected chi connectivity index (χ2v) is 6.61. The zero-order chi connectivity index (χ0) is 19.5. The third-order valence-electron chi connectivity index (χ3n) is 3.53. The van der Waals surface area contributed by atoms with Crippen molar-refractivity contribution in [1.29, 1.82) is 0 Å². The van der Waals surface area contributed by atoms with Gasteiger partial charge in [0.05, 0.1) is 31.5 Å². The molecule has 1 aromatic heterocycles. The van der Waals surface area contributed by atoms with Gasteiger partial charge in [-0.15, -0.1) is 11.3 Å². The molecule has 8 heteroatoms. The number of hydrazone groups is 1. The van der Waals surface area contributed by atoms with Gasteiger partial charge >= 0.3 is 5.97 Å². The molecule has 0 radical (unpaired) electrons. The third-order valence-corrected chi connectivity index (χ3v) is 4.33. The van der Waals surface area contributed by atoms with E-state index in [0.717, 1.165) is 12.8 Å².